The van der Waals surface area contributed by atoms with Crippen LogP contribution in [0.4, 0.5) is 5.82 Å². The molecule has 0 fully saturated rings. The van der Waals surface area contributed by atoms with Crippen molar-refractivity contribution < 1.29 is 13.2 Å². The van der Waals surface area contributed by atoms with E-state index in [1.165, 1.54) is 11.3 Å². The number of anilines is 1. The average Bonchev–Trinajstić information content (AvgIpc) is 3.30. The summed E-state index contributed by atoms with van der Waals surface area (Å²) in [5.74, 6) is -0.196. The highest BCUT2D eigenvalue weighted by atomic mass is 32.2. The van der Waals surface area contributed by atoms with Crippen LogP contribution in [0.3, 0.4) is 0 Å². The molecule has 0 bridgehead atoms. The molecule has 1 N–H and O–H groups in total. The summed E-state index contributed by atoms with van der Waals surface area (Å²) in [6.45, 7) is 7.78. The Bertz CT molecular complexity index is 1420. The van der Waals surface area contributed by atoms with E-state index in [9.17, 15) is 13.2 Å². The third-order valence-corrected chi connectivity index (χ3v) is 7.79. The summed E-state index contributed by atoms with van der Waals surface area (Å²) in [5.41, 5.74) is 4.85. The molecule has 0 aliphatic rings. The largest absolute Gasteiger partial charge is 0.310 e. The molecule has 2 heterocycles. The molecule has 0 radical (unpaired) electrons. The summed E-state index contributed by atoms with van der Waals surface area (Å²) >= 11 is 1.49. The highest BCUT2D eigenvalue weighted by Gasteiger charge is 2.19. The smallest absolute Gasteiger partial charge is 0.226 e. The van der Waals surface area contributed by atoms with Gasteiger partial charge in [0.2, 0.25) is 11.0 Å². The van der Waals surface area contributed by atoms with E-state index < -0.39 is 15.7 Å². The Morgan fingerprint density at radius 2 is 1.75 bits per heavy atom. The van der Waals surface area contributed by atoms with E-state index in [1.807, 2.05) is 27.7 Å². The summed E-state index contributed by atoms with van der Waals surface area (Å²) in [4.78, 5) is 17.5. The van der Waals surface area contributed by atoms with E-state index >= 15 is 0 Å². The van der Waals surface area contributed by atoms with Gasteiger partial charge in [-0.2, -0.15) is 9.78 Å². The molecule has 2 aromatic heterocycles. The number of carbonyl (C=O) groups excluding carboxylic acids is 1. The second-order valence-corrected chi connectivity index (χ2v) is 11.1. The highest BCUT2D eigenvalue weighted by molar-refractivity contribution is 7.91. The standard InChI is InChI=1S/C23H24N4O3S2/c1-14-5-7-18(8-6-14)32(29,30)10-9-21(28)24-20-13-17(4)26-27(20)23-25-22-16(3)11-15(2)12-19(22)31-23/h5-8,11-13H,9-10H2,1-4H3,(H,24,28). The van der Waals surface area contributed by atoms with Crippen molar-refractivity contribution in [2.75, 3.05) is 11.1 Å². The zero-order valence-corrected chi connectivity index (χ0v) is 20.0. The van der Waals surface area contributed by atoms with Crippen molar-refractivity contribution in [2.24, 2.45) is 0 Å². The van der Waals surface area contributed by atoms with Gasteiger partial charge in [-0.3, -0.25) is 4.79 Å². The molecule has 4 aromatic rings. The van der Waals surface area contributed by atoms with Crippen molar-refractivity contribution in [3.63, 3.8) is 0 Å². The van der Waals surface area contributed by atoms with E-state index in [0.29, 0.717) is 10.9 Å². The maximum absolute atomic E-state index is 12.6. The minimum absolute atomic E-state index is 0.154. The van der Waals surface area contributed by atoms with Crippen molar-refractivity contribution in [3.05, 3.63) is 64.8 Å². The zero-order chi connectivity index (χ0) is 23.0. The van der Waals surface area contributed by atoms with Gasteiger partial charge in [-0.05, 0) is 57.0 Å². The van der Waals surface area contributed by atoms with E-state index in [1.54, 1.807) is 35.0 Å². The summed E-state index contributed by atoms with van der Waals surface area (Å²) < 4.78 is 27.7. The Morgan fingerprint density at radius 1 is 1.03 bits per heavy atom. The van der Waals surface area contributed by atoms with Gasteiger partial charge >= 0.3 is 0 Å². The molecule has 0 unspecified atom stereocenters. The minimum atomic E-state index is -3.54. The van der Waals surface area contributed by atoms with Gasteiger partial charge < -0.3 is 5.32 Å². The maximum Gasteiger partial charge on any atom is 0.226 e. The van der Waals surface area contributed by atoms with Crippen molar-refractivity contribution in [2.45, 2.75) is 39.0 Å². The zero-order valence-electron chi connectivity index (χ0n) is 18.3. The number of rotatable bonds is 6. The fourth-order valence-electron chi connectivity index (χ4n) is 3.48. The molecule has 32 heavy (non-hydrogen) atoms. The van der Waals surface area contributed by atoms with E-state index in [4.69, 9.17) is 4.98 Å². The van der Waals surface area contributed by atoms with Gasteiger partial charge in [-0.1, -0.05) is 35.1 Å². The van der Waals surface area contributed by atoms with E-state index in [-0.39, 0.29) is 17.1 Å². The van der Waals surface area contributed by atoms with Gasteiger partial charge in [0, 0.05) is 12.5 Å². The number of nitrogens with one attached hydrogen (secondary N) is 1. The van der Waals surface area contributed by atoms with Crippen LogP contribution in [0.2, 0.25) is 0 Å². The number of aryl methyl sites for hydroxylation is 4. The van der Waals surface area contributed by atoms with Crippen molar-refractivity contribution in [1.29, 1.82) is 0 Å². The topological polar surface area (TPSA) is 94.0 Å². The first-order valence-corrected chi connectivity index (χ1v) is 12.6. The Morgan fingerprint density at radius 3 is 2.47 bits per heavy atom. The predicted octanol–water partition coefficient (Wildman–Crippen LogP) is 4.52. The molecule has 0 aliphatic carbocycles. The van der Waals surface area contributed by atoms with Crippen LogP contribution in [-0.2, 0) is 14.6 Å². The SMILES string of the molecule is Cc1ccc(S(=O)(=O)CCC(=O)Nc2cc(C)nn2-c2nc3c(C)cc(C)cc3s2)cc1. The molecule has 166 valence electrons. The van der Waals surface area contributed by atoms with Crippen molar-refractivity contribution >= 4 is 43.1 Å². The van der Waals surface area contributed by atoms with Crippen molar-refractivity contribution in [3.8, 4) is 5.13 Å². The first-order chi connectivity index (χ1) is 15.1. The number of fused-ring (bicyclic) bond motifs is 1. The summed E-state index contributed by atoms with van der Waals surface area (Å²) in [6, 6.07) is 12.5. The highest BCUT2D eigenvalue weighted by Crippen LogP contribution is 2.30. The lowest BCUT2D eigenvalue weighted by Crippen LogP contribution is -2.19. The molecule has 0 saturated heterocycles. The molecular weight excluding hydrogens is 444 g/mol. The summed E-state index contributed by atoms with van der Waals surface area (Å²) in [6.07, 6.45) is -0.154. The van der Waals surface area contributed by atoms with Gasteiger partial charge in [0.25, 0.3) is 0 Å². The molecular formula is C23H24N4O3S2. The number of benzene rings is 2. The van der Waals surface area contributed by atoms with E-state index in [2.05, 4.69) is 22.5 Å². The number of carbonyl (C=O) groups is 1. The van der Waals surface area contributed by atoms with Gasteiger partial charge in [0.05, 0.1) is 26.6 Å². The average molecular weight is 469 g/mol. The fraction of sp³-hybridized carbons (Fsp3) is 0.261. The molecule has 0 saturated carbocycles. The van der Waals surface area contributed by atoms with Crippen LogP contribution in [0.1, 0.15) is 28.8 Å². The van der Waals surface area contributed by atoms with Crippen LogP contribution < -0.4 is 5.32 Å². The van der Waals surface area contributed by atoms with E-state index in [0.717, 1.165) is 32.6 Å². The molecule has 0 spiro atoms. The Kier molecular flexibility index (Phi) is 5.87. The Balaban J connectivity index is 1.53. The fourth-order valence-corrected chi connectivity index (χ4v) is 5.83. The van der Waals surface area contributed by atoms with Crippen LogP contribution in [0.15, 0.2) is 47.4 Å². The minimum Gasteiger partial charge on any atom is -0.310 e. The first-order valence-electron chi connectivity index (χ1n) is 10.2. The van der Waals surface area contributed by atoms with Crippen LogP contribution in [-0.4, -0.2) is 34.8 Å². The van der Waals surface area contributed by atoms with Gasteiger partial charge in [0.1, 0.15) is 5.82 Å². The lowest BCUT2D eigenvalue weighted by Gasteiger charge is -2.07. The molecule has 0 aliphatic heterocycles. The van der Waals surface area contributed by atoms with Crippen LogP contribution in [0.5, 0.6) is 0 Å². The maximum atomic E-state index is 12.6. The summed E-state index contributed by atoms with van der Waals surface area (Å²) in [5, 5.41) is 7.92. The Hall–Kier alpha value is -3.04. The van der Waals surface area contributed by atoms with Gasteiger partial charge in [-0.15, -0.1) is 0 Å². The number of thiazole rings is 1. The molecule has 1 amide bonds. The molecule has 2 aromatic carbocycles. The molecule has 0 atom stereocenters. The molecule has 7 nitrogen and oxygen atoms in total. The quantitative estimate of drug-likeness (QED) is 0.449. The lowest BCUT2D eigenvalue weighted by molar-refractivity contribution is -0.115. The van der Waals surface area contributed by atoms with Crippen LogP contribution >= 0.6 is 11.3 Å². The number of aromatic nitrogens is 3. The molecule has 4 rings (SSSR count). The second-order valence-electron chi connectivity index (χ2n) is 7.94. The first kappa shape index (κ1) is 22.2. The summed E-state index contributed by atoms with van der Waals surface area (Å²) in [7, 11) is -3.54. The number of hydrogen-bond donors (Lipinski definition) is 1. The molecule has 9 heteroatoms. The van der Waals surface area contributed by atoms with Gasteiger partial charge in [-0.25, -0.2) is 13.4 Å². The number of amides is 1. The van der Waals surface area contributed by atoms with Crippen LogP contribution in [0.25, 0.3) is 15.3 Å². The number of sulfone groups is 1. The van der Waals surface area contributed by atoms with Gasteiger partial charge in [0.15, 0.2) is 9.84 Å². The second kappa shape index (κ2) is 8.48. The predicted molar refractivity (Wildman–Crippen MR) is 127 cm³/mol. The third kappa shape index (κ3) is 4.58. The normalized spacial score (nSPS) is 11.8. The number of hydrogen-bond acceptors (Lipinski definition) is 6. The number of nitrogens with zero attached hydrogens (tertiary/aromatic N) is 3. The third-order valence-electron chi connectivity index (χ3n) is 5.08. The van der Waals surface area contributed by atoms with Crippen LogP contribution in [0, 0.1) is 27.7 Å². The monoisotopic (exact) mass is 468 g/mol. The Labute approximate surface area is 191 Å². The lowest BCUT2D eigenvalue weighted by atomic mass is 10.1. The van der Waals surface area contributed by atoms with Crippen molar-refractivity contribution in [1.82, 2.24) is 14.8 Å².